The SMILES string of the molecule is NN=NC1=C(Cl)N=C(C(=O)NC2NC3(CCN(C(=O)C4=CNCC=C4)CC3)CN2N)C(N=NN)N1. The van der Waals surface area contributed by atoms with Gasteiger partial charge in [0.2, 0.25) is 0 Å². The summed E-state index contributed by atoms with van der Waals surface area (Å²) >= 11 is 6.06. The summed E-state index contributed by atoms with van der Waals surface area (Å²) in [4.78, 5) is 31.6. The van der Waals surface area contributed by atoms with Crippen LogP contribution in [-0.4, -0.2) is 71.6 Å². The van der Waals surface area contributed by atoms with Crippen LogP contribution < -0.4 is 38.8 Å². The molecule has 10 N–H and O–H groups in total. The number of likely N-dealkylation sites (tertiary alicyclic amines) is 1. The van der Waals surface area contributed by atoms with Gasteiger partial charge in [0.1, 0.15) is 6.29 Å². The highest BCUT2D eigenvalue weighted by Crippen LogP contribution is 2.29. The highest BCUT2D eigenvalue weighted by molar-refractivity contribution is 6.43. The fraction of sp³-hybridized carbons (Fsp3) is 0.500. The zero-order valence-electron chi connectivity index (χ0n) is 18.7. The average molecular weight is 507 g/mol. The van der Waals surface area contributed by atoms with Gasteiger partial charge in [-0.3, -0.25) is 20.7 Å². The third kappa shape index (κ3) is 5.24. The van der Waals surface area contributed by atoms with Gasteiger partial charge in [-0.25, -0.2) is 10.0 Å². The van der Waals surface area contributed by atoms with Crippen molar-refractivity contribution in [1.82, 2.24) is 31.2 Å². The summed E-state index contributed by atoms with van der Waals surface area (Å²) in [7, 11) is 0. The number of halogens is 1. The minimum Gasteiger partial charge on any atom is -0.387 e. The summed E-state index contributed by atoms with van der Waals surface area (Å²) in [5.74, 6) is 15.8. The van der Waals surface area contributed by atoms with Crippen LogP contribution >= 0.6 is 11.6 Å². The van der Waals surface area contributed by atoms with E-state index >= 15 is 0 Å². The van der Waals surface area contributed by atoms with Crippen LogP contribution in [0.15, 0.2) is 60.6 Å². The van der Waals surface area contributed by atoms with Crippen LogP contribution in [0.3, 0.4) is 0 Å². The average Bonchev–Trinajstić information content (AvgIpc) is 3.15. The van der Waals surface area contributed by atoms with Crippen molar-refractivity contribution in [3.63, 3.8) is 0 Å². The van der Waals surface area contributed by atoms with Gasteiger partial charge >= 0.3 is 0 Å². The molecule has 2 atom stereocenters. The first-order valence-electron chi connectivity index (χ1n) is 10.8. The molecule has 1 spiro atoms. The van der Waals surface area contributed by atoms with Crippen LogP contribution in [0.2, 0.25) is 0 Å². The molecule has 0 aromatic rings. The molecule has 2 fully saturated rings. The molecule has 0 bridgehead atoms. The van der Waals surface area contributed by atoms with E-state index in [1.165, 1.54) is 5.01 Å². The number of nitrogens with one attached hydrogen (secondary N) is 4. The highest BCUT2D eigenvalue weighted by Gasteiger charge is 2.46. The van der Waals surface area contributed by atoms with E-state index in [1.54, 1.807) is 6.20 Å². The number of carbonyl (C=O) groups is 2. The number of hydrazine groups is 1. The molecule has 188 valence electrons. The van der Waals surface area contributed by atoms with E-state index in [4.69, 9.17) is 29.1 Å². The Hall–Kier alpha value is -3.60. The molecule has 4 heterocycles. The van der Waals surface area contributed by atoms with Crippen LogP contribution in [-0.2, 0) is 9.59 Å². The van der Waals surface area contributed by atoms with Crippen molar-refractivity contribution in [2.24, 2.45) is 43.2 Å². The standard InChI is InChI=1S/C18H27ClN14O2/c19-12-14(29-31-21)25-13(28-30-20)11(24-12)15(34)26-17-27-18(9-33(17)22)3-6-32(7-4-18)16(35)10-2-1-5-23-8-10/h1-2,8,13,17,23,25,27H,3-7,9,22H2,(H2,20,28)(H2,21,29)(H,26,34). The summed E-state index contributed by atoms with van der Waals surface area (Å²) < 4.78 is 0. The van der Waals surface area contributed by atoms with E-state index in [0.29, 0.717) is 44.6 Å². The second-order valence-electron chi connectivity index (χ2n) is 8.31. The number of nitrogens with two attached hydrogens (primary N) is 3. The predicted molar refractivity (Wildman–Crippen MR) is 125 cm³/mol. The van der Waals surface area contributed by atoms with Gasteiger partial charge in [-0.1, -0.05) is 34.2 Å². The first-order chi connectivity index (χ1) is 16.9. The molecule has 35 heavy (non-hydrogen) atoms. The van der Waals surface area contributed by atoms with E-state index in [0.717, 1.165) is 0 Å². The summed E-state index contributed by atoms with van der Waals surface area (Å²) in [6.07, 6.45) is 5.05. The Balaban J connectivity index is 1.39. The number of hydrogen-bond donors (Lipinski definition) is 7. The number of dihydropyridines is 1. The van der Waals surface area contributed by atoms with Crippen molar-refractivity contribution < 1.29 is 9.59 Å². The quantitative estimate of drug-likeness (QED) is 0.0940. The van der Waals surface area contributed by atoms with Gasteiger partial charge in [-0.2, -0.15) is 0 Å². The van der Waals surface area contributed by atoms with Crippen molar-refractivity contribution in [1.29, 1.82) is 0 Å². The minimum absolute atomic E-state index is 0.0121. The molecular weight excluding hydrogens is 480 g/mol. The van der Waals surface area contributed by atoms with Crippen LogP contribution in [0.5, 0.6) is 0 Å². The molecule has 4 rings (SSSR count). The number of hydrogen-bond acceptors (Lipinski definition) is 12. The molecule has 4 aliphatic rings. The van der Waals surface area contributed by atoms with Crippen LogP contribution in [0.1, 0.15) is 12.8 Å². The zero-order valence-corrected chi connectivity index (χ0v) is 19.4. The summed E-state index contributed by atoms with van der Waals surface area (Å²) in [5, 5.41) is 27.0. The third-order valence-electron chi connectivity index (χ3n) is 6.09. The molecule has 0 radical (unpaired) electrons. The van der Waals surface area contributed by atoms with E-state index in [1.807, 2.05) is 17.1 Å². The van der Waals surface area contributed by atoms with Gasteiger partial charge in [0, 0.05) is 37.9 Å². The van der Waals surface area contributed by atoms with Crippen LogP contribution in [0.25, 0.3) is 0 Å². The van der Waals surface area contributed by atoms with Gasteiger partial charge < -0.3 is 32.5 Å². The Bertz CT molecular complexity index is 1040. The number of piperidine rings is 1. The first kappa shape index (κ1) is 24.5. The van der Waals surface area contributed by atoms with Gasteiger partial charge in [-0.15, -0.1) is 10.2 Å². The summed E-state index contributed by atoms with van der Waals surface area (Å²) in [6.45, 7) is 2.30. The topological polar surface area (TPSA) is 229 Å². The first-order valence-corrected chi connectivity index (χ1v) is 11.2. The predicted octanol–water partition coefficient (Wildman–Crippen LogP) is -2.04. The fourth-order valence-corrected chi connectivity index (χ4v) is 4.52. The maximum Gasteiger partial charge on any atom is 0.272 e. The van der Waals surface area contributed by atoms with Crippen LogP contribution in [0.4, 0.5) is 0 Å². The lowest BCUT2D eigenvalue weighted by Crippen LogP contribution is -2.59. The Morgan fingerprint density at radius 3 is 2.69 bits per heavy atom. The monoisotopic (exact) mass is 506 g/mol. The molecule has 0 saturated carbocycles. The fourth-order valence-electron chi connectivity index (χ4n) is 4.33. The Labute approximate surface area is 205 Å². The summed E-state index contributed by atoms with van der Waals surface area (Å²) in [5.41, 5.74) is 0.166. The Morgan fingerprint density at radius 1 is 1.26 bits per heavy atom. The molecule has 17 heteroatoms. The van der Waals surface area contributed by atoms with Crippen molar-refractivity contribution in [3.05, 3.63) is 34.9 Å². The molecule has 4 aliphatic heterocycles. The van der Waals surface area contributed by atoms with Crippen molar-refractivity contribution in [2.75, 3.05) is 26.2 Å². The van der Waals surface area contributed by atoms with Crippen LogP contribution in [0, 0.1) is 0 Å². The molecular formula is C18H27ClN14O2. The smallest absolute Gasteiger partial charge is 0.272 e. The lowest BCUT2D eigenvalue weighted by molar-refractivity contribution is -0.128. The van der Waals surface area contributed by atoms with Crippen molar-refractivity contribution in [3.8, 4) is 0 Å². The van der Waals surface area contributed by atoms with Gasteiger partial charge in [0.15, 0.2) is 22.9 Å². The molecule has 0 aromatic heterocycles. The maximum atomic E-state index is 13.0. The molecule has 2 unspecified atom stereocenters. The molecule has 16 nitrogen and oxygen atoms in total. The number of nitrogens with zero attached hydrogens (tertiary/aromatic N) is 7. The van der Waals surface area contributed by atoms with E-state index in [-0.39, 0.29) is 28.1 Å². The van der Waals surface area contributed by atoms with Gasteiger partial charge in [0.25, 0.3) is 11.8 Å². The number of rotatable bonds is 5. The number of amides is 2. The molecule has 0 aliphatic carbocycles. The van der Waals surface area contributed by atoms with E-state index in [2.05, 4.69) is 46.9 Å². The second-order valence-corrected chi connectivity index (χ2v) is 8.66. The molecule has 0 aromatic carbocycles. The van der Waals surface area contributed by atoms with Gasteiger partial charge in [0.05, 0.1) is 5.57 Å². The normalized spacial score (nSPS) is 26.6. The maximum absolute atomic E-state index is 13.0. The summed E-state index contributed by atoms with van der Waals surface area (Å²) in [6, 6.07) is 0. The largest absolute Gasteiger partial charge is 0.387 e. The molecule has 2 amide bonds. The number of aliphatic imine (C=N–C) groups is 1. The Kier molecular flexibility index (Phi) is 7.25. The van der Waals surface area contributed by atoms with Gasteiger partial charge in [-0.05, 0) is 12.8 Å². The van der Waals surface area contributed by atoms with Crippen molar-refractivity contribution >= 4 is 29.1 Å². The molecule has 2 saturated heterocycles. The van der Waals surface area contributed by atoms with E-state index in [9.17, 15) is 9.59 Å². The Morgan fingerprint density at radius 2 is 2.03 bits per heavy atom. The minimum atomic E-state index is -1.06. The van der Waals surface area contributed by atoms with E-state index < -0.39 is 18.4 Å². The lowest BCUT2D eigenvalue weighted by Gasteiger charge is -2.39. The zero-order chi connectivity index (χ0) is 25.0. The number of carbonyl (C=O) groups excluding carboxylic acids is 2. The third-order valence-corrected chi connectivity index (χ3v) is 6.36. The lowest BCUT2D eigenvalue weighted by atomic mass is 9.88. The van der Waals surface area contributed by atoms with Crippen molar-refractivity contribution in [2.45, 2.75) is 30.8 Å². The second kappa shape index (κ2) is 10.3. The highest BCUT2D eigenvalue weighted by atomic mass is 35.5.